The van der Waals surface area contributed by atoms with E-state index in [0.29, 0.717) is 5.92 Å². The molecule has 2 rings (SSSR count). The van der Waals surface area contributed by atoms with Crippen molar-refractivity contribution in [3.63, 3.8) is 0 Å². The Morgan fingerprint density at radius 2 is 2.08 bits per heavy atom. The first-order valence-electron chi connectivity index (χ1n) is 9.03. The van der Waals surface area contributed by atoms with Gasteiger partial charge in [-0.3, -0.25) is 9.69 Å². The maximum Gasteiger partial charge on any atom is 0.238 e. The molecule has 0 saturated carbocycles. The van der Waals surface area contributed by atoms with E-state index in [2.05, 4.69) is 18.2 Å². The second kappa shape index (κ2) is 9.40. The predicted molar refractivity (Wildman–Crippen MR) is 100 cm³/mol. The molecule has 2 fully saturated rings. The Bertz CT molecular complexity index is 526. The number of amides is 1. The van der Waals surface area contributed by atoms with E-state index in [1.54, 1.807) is 6.26 Å². The summed E-state index contributed by atoms with van der Waals surface area (Å²) in [6, 6.07) is -1.16. The van der Waals surface area contributed by atoms with Gasteiger partial charge >= 0.3 is 0 Å². The number of nitrogens with zero attached hydrogens (tertiary/aromatic N) is 1. The molecule has 7 nitrogen and oxygen atoms in total. The molecule has 2 aliphatic rings. The third-order valence-corrected chi connectivity index (χ3v) is 6.13. The van der Waals surface area contributed by atoms with Gasteiger partial charge in [0.2, 0.25) is 5.91 Å². The molecule has 0 radical (unpaired) electrons. The molecule has 26 heavy (non-hydrogen) atoms. The molecule has 0 bridgehead atoms. The zero-order valence-corrected chi connectivity index (χ0v) is 16.4. The maximum atomic E-state index is 12.7. The van der Waals surface area contributed by atoms with Gasteiger partial charge in [-0.15, -0.1) is 18.2 Å². The van der Waals surface area contributed by atoms with Crippen molar-refractivity contribution >= 4 is 17.7 Å². The molecule has 8 atom stereocenters. The first-order valence-corrected chi connectivity index (χ1v) is 10.3. The normalized spacial score (nSPS) is 39.3. The highest BCUT2D eigenvalue weighted by Gasteiger charge is 2.47. The number of hydrogen-bond donors (Lipinski definition) is 4. The van der Waals surface area contributed by atoms with Gasteiger partial charge in [0.05, 0.1) is 6.04 Å². The van der Waals surface area contributed by atoms with Crippen LogP contribution in [0.25, 0.3) is 0 Å². The monoisotopic (exact) mass is 386 g/mol. The lowest BCUT2D eigenvalue weighted by atomic mass is 9.94. The number of aliphatic hydroxyl groups is 3. The first-order chi connectivity index (χ1) is 12.3. The van der Waals surface area contributed by atoms with Crippen LogP contribution in [-0.2, 0) is 9.53 Å². The van der Waals surface area contributed by atoms with Gasteiger partial charge in [-0.25, -0.2) is 0 Å². The second-order valence-electron chi connectivity index (χ2n) is 7.18. The van der Waals surface area contributed by atoms with Crippen LogP contribution < -0.4 is 5.32 Å². The van der Waals surface area contributed by atoms with Crippen LogP contribution in [0.5, 0.6) is 0 Å². The van der Waals surface area contributed by atoms with E-state index in [1.165, 1.54) is 11.8 Å². The summed E-state index contributed by atoms with van der Waals surface area (Å²) >= 11 is 1.21. The Labute approximate surface area is 159 Å². The summed E-state index contributed by atoms with van der Waals surface area (Å²) < 4.78 is 5.67. The molecule has 2 heterocycles. The number of hydrogen-bond acceptors (Lipinski definition) is 7. The molecule has 0 aliphatic carbocycles. The summed E-state index contributed by atoms with van der Waals surface area (Å²) in [5.74, 6) is 2.73. The Balaban J connectivity index is 2.04. The smallest absolute Gasteiger partial charge is 0.238 e. The van der Waals surface area contributed by atoms with E-state index >= 15 is 0 Å². The fourth-order valence-corrected chi connectivity index (χ4v) is 4.52. The molecule has 8 heteroatoms. The fraction of sp³-hybridized carbons (Fsp3) is 0.833. The first kappa shape index (κ1) is 21.5. The van der Waals surface area contributed by atoms with Crippen LogP contribution >= 0.6 is 11.8 Å². The molecule has 2 aliphatic heterocycles. The van der Waals surface area contributed by atoms with Gasteiger partial charge in [0.25, 0.3) is 0 Å². The minimum Gasteiger partial charge on any atom is -0.387 e. The quantitative estimate of drug-likeness (QED) is 0.452. The van der Waals surface area contributed by atoms with Gasteiger partial charge in [-0.1, -0.05) is 19.3 Å². The number of terminal acetylenes is 1. The number of aliphatic hydroxyl groups excluding tert-OH is 3. The van der Waals surface area contributed by atoms with Gasteiger partial charge in [-0.05, 0) is 32.1 Å². The molecule has 0 spiro atoms. The van der Waals surface area contributed by atoms with Crippen molar-refractivity contribution in [2.45, 2.75) is 68.1 Å². The zero-order valence-electron chi connectivity index (χ0n) is 15.5. The summed E-state index contributed by atoms with van der Waals surface area (Å²) in [5.41, 5.74) is -0.728. The van der Waals surface area contributed by atoms with E-state index in [0.717, 1.165) is 25.8 Å². The van der Waals surface area contributed by atoms with E-state index in [9.17, 15) is 20.1 Å². The number of rotatable bonds is 6. The Hall–Kier alpha value is -0.820. The zero-order chi connectivity index (χ0) is 19.4. The number of ether oxygens (including phenoxy) is 1. The average molecular weight is 387 g/mol. The molecule has 4 N–H and O–H groups in total. The van der Waals surface area contributed by atoms with Crippen LogP contribution in [0.4, 0.5) is 0 Å². The molecular formula is C18H30N2O5S. The van der Waals surface area contributed by atoms with Gasteiger partial charge in [0.1, 0.15) is 35.9 Å². The van der Waals surface area contributed by atoms with Gasteiger partial charge < -0.3 is 25.4 Å². The fourth-order valence-electron chi connectivity index (χ4n) is 3.84. The summed E-state index contributed by atoms with van der Waals surface area (Å²) in [6.07, 6.45) is 5.25. The third kappa shape index (κ3) is 4.53. The summed E-state index contributed by atoms with van der Waals surface area (Å²) in [4.78, 5) is 14.7. The van der Waals surface area contributed by atoms with E-state index in [1.807, 2.05) is 11.9 Å². The van der Waals surface area contributed by atoms with Crippen molar-refractivity contribution in [2.75, 3.05) is 19.8 Å². The van der Waals surface area contributed by atoms with E-state index in [-0.39, 0.29) is 11.9 Å². The van der Waals surface area contributed by atoms with Crippen LogP contribution in [-0.4, -0.2) is 87.9 Å². The maximum absolute atomic E-state index is 12.7. The van der Waals surface area contributed by atoms with Crippen LogP contribution in [0, 0.1) is 18.3 Å². The van der Waals surface area contributed by atoms with Crippen LogP contribution in [0.2, 0.25) is 0 Å². The average Bonchev–Trinajstić information content (AvgIpc) is 2.99. The highest BCUT2D eigenvalue weighted by atomic mass is 32.2. The largest absolute Gasteiger partial charge is 0.387 e. The van der Waals surface area contributed by atoms with Crippen LogP contribution in [0.15, 0.2) is 0 Å². The molecule has 0 aromatic rings. The Morgan fingerprint density at radius 3 is 2.65 bits per heavy atom. The molecule has 2 unspecified atom stereocenters. The predicted octanol–water partition coefficient (Wildman–Crippen LogP) is -0.605. The lowest BCUT2D eigenvalue weighted by molar-refractivity contribution is -0.201. The number of thioether (sulfide) groups is 1. The summed E-state index contributed by atoms with van der Waals surface area (Å²) in [6.45, 7) is 3.00. The van der Waals surface area contributed by atoms with Crippen molar-refractivity contribution < 1.29 is 24.9 Å². The SMILES string of the molecule is C#C[C@@H](NC(=O)[C@@H]1C[C@@H](CCC)CN1C)[C@H]1OC(SC)[C@H](O)[C@H](O)C1O. The number of nitrogens with one attached hydrogen (secondary N) is 1. The van der Waals surface area contributed by atoms with Crippen molar-refractivity contribution in [3.8, 4) is 12.3 Å². The van der Waals surface area contributed by atoms with E-state index in [4.69, 9.17) is 11.2 Å². The summed E-state index contributed by atoms with van der Waals surface area (Å²) in [5, 5.41) is 33.1. The molecular weight excluding hydrogens is 356 g/mol. The number of carbonyl (C=O) groups is 1. The lowest BCUT2D eigenvalue weighted by Gasteiger charge is -2.42. The Kier molecular flexibility index (Phi) is 7.76. The molecule has 1 amide bonds. The molecule has 148 valence electrons. The standard InChI is InChI=1S/C18H30N2O5S/c1-5-7-10-8-12(20(3)9-10)17(24)19-11(6-2)16-14(22)13(21)15(23)18(25-16)26-4/h2,10-16,18,21-23H,5,7-9H2,1,3-4H3,(H,19,24)/t10-,11-,12+,13-,14?,15-,16-,18?/m1/s1. The van der Waals surface area contributed by atoms with Crippen molar-refractivity contribution in [2.24, 2.45) is 5.92 Å². The van der Waals surface area contributed by atoms with Crippen molar-refractivity contribution in [3.05, 3.63) is 0 Å². The lowest BCUT2D eigenvalue weighted by Crippen LogP contribution is -2.63. The summed E-state index contributed by atoms with van der Waals surface area (Å²) in [7, 11) is 1.92. The minimum absolute atomic E-state index is 0.203. The minimum atomic E-state index is -1.39. The highest BCUT2D eigenvalue weighted by Crippen LogP contribution is 2.29. The van der Waals surface area contributed by atoms with E-state index < -0.39 is 35.9 Å². The molecule has 0 aromatic heterocycles. The highest BCUT2D eigenvalue weighted by molar-refractivity contribution is 7.99. The van der Waals surface area contributed by atoms with Gasteiger partial charge in [-0.2, -0.15) is 0 Å². The number of likely N-dealkylation sites (N-methyl/N-ethyl adjacent to an activating group) is 1. The van der Waals surface area contributed by atoms with Crippen LogP contribution in [0.1, 0.15) is 26.2 Å². The van der Waals surface area contributed by atoms with Crippen molar-refractivity contribution in [1.82, 2.24) is 10.2 Å². The van der Waals surface area contributed by atoms with Crippen molar-refractivity contribution in [1.29, 1.82) is 0 Å². The van der Waals surface area contributed by atoms with Crippen LogP contribution in [0.3, 0.4) is 0 Å². The Morgan fingerprint density at radius 1 is 1.38 bits per heavy atom. The van der Waals surface area contributed by atoms with Gasteiger partial charge in [0.15, 0.2) is 0 Å². The topological polar surface area (TPSA) is 102 Å². The number of likely N-dealkylation sites (tertiary alicyclic amines) is 1. The molecule has 2 saturated heterocycles. The molecule has 0 aromatic carbocycles. The second-order valence-corrected chi connectivity index (χ2v) is 8.11. The third-order valence-electron chi connectivity index (χ3n) is 5.28. The number of carbonyl (C=O) groups excluding carboxylic acids is 1. The van der Waals surface area contributed by atoms with Gasteiger partial charge in [0, 0.05) is 6.54 Å².